The van der Waals surface area contributed by atoms with Gasteiger partial charge in [-0.2, -0.15) is 11.8 Å². The van der Waals surface area contributed by atoms with Gasteiger partial charge in [0.25, 0.3) is 5.91 Å². The van der Waals surface area contributed by atoms with Gasteiger partial charge in [-0.25, -0.2) is 0 Å². The van der Waals surface area contributed by atoms with Gasteiger partial charge in [0.05, 0.1) is 6.61 Å². The van der Waals surface area contributed by atoms with Crippen LogP contribution in [0.25, 0.3) is 0 Å². The Labute approximate surface area is 125 Å². The fraction of sp³-hybridized carbons (Fsp3) is 0.438. The molecule has 3 nitrogen and oxygen atoms in total. The first kappa shape index (κ1) is 16.6. The number of aliphatic hydroxyl groups excluding tert-OH is 1. The van der Waals surface area contributed by atoms with Crippen LogP contribution < -0.4 is 5.32 Å². The molecule has 0 aromatic heterocycles. The summed E-state index contributed by atoms with van der Waals surface area (Å²) in [5, 5.41) is 12.1. The Kier molecular flexibility index (Phi) is 7.86. The van der Waals surface area contributed by atoms with Crippen molar-refractivity contribution in [3.8, 4) is 11.8 Å². The van der Waals surface area contributed by atoms with E-state index in [0.29, 0.717) is 23.8 Å². The molecule has 4 heteroatoms. The van der Waals surface area contributed by atoms with E-state index in [1.54, 1.807) is 23.9 Å². The number of amides is 1. The van der Waals surface area contributed by atoms with Crippen molar-refractivity contribution >= 4 is 17.7 Å². The molecule has 0 bridgehead atoms. The molecule has 0 saturated carbocycles. The number of hydrogen-bond acceptors (Lipinski definition) is 3. The van der Waals surface area contributed by atoms with Crippen molar-refractivity contribution in [1.82, 2.24) is 5.32 Å². The second-order valence-electron chi connectivity index (χ2n) is 4.44. The molecular formula is C16H21NO2S. The van der Waals surface area contributed by atoms with E-state index in [2.05, 4.69) is 30.3 Å². The van der Waals surface area contributed by atoms with Crippen LogP contribution in [0.3, 0.4) is 0 Å². The molecule has 0 aliphatic rings. The average molecular weight is 291 g/mol. The van der Waals surface area contributed by atoms with Crippen LogP contribution >= 0.6 is 11.8 Å². The minimum atomic E-state index is -0.0480. The van der Waals surface area contributed by atoms with Crippen LogP contribution in [0.15, 0.2) is 24.3 Å². The molecule has 0 aliphatic carbocycles. The largest absolute Gasteiger partial charge is 0.395 e. The molecule has 0 spiro atoms. The van der Waals surface area contributed by atoms with E-state index in [1.807, 2.05) is 12.1 Å². The molecule has 0 fully saturated rings. The first-order valence-corrected chi connectivity index (χ1v) is 7.97. The lowest BCUT2D eigenvalue weighted by Gasteiger charge is -2.09. The predicted molar refractivity (Wildman–Crippen MR) is 85.0 cm³/mol. The summed E-state index contributed by atoms with van der Waals surface area (Å²) < 4.78 is 0. The van der Waals surface area contributed by atoms with Crippen molar-refractivity contribution < 1.29 is 9.90 Å². The summed E-state index contributed by atoms with van der Waals surface area (Å²) in [4.78, 5) is 11.9. The van der Waals surface area contributed by atoms with E-state index in [-0.39, 0.29) is 12.5 Å². The summed E-state index contributed by atoms with van der Waals surface area (Å²) in [6.07, 6.45) is 3.51. The molecule has 108 valence electrons. The van der Waals surface area contributed by atoms with Gasteiger partial charge in [-0.05, 0) is 36.9 Å². The lowest BCUT2D eigenvalue weighted by atomic mass is 10.1. The number of nitrogens with one attached hydrogen (secondary N) is 1. The molecule has 0 radical (unpaired) electrons. The van der Waals surface area contributed by atoms with E-state index in [1.165, 1.54) is 0 Å². The quantitative estimate of drug-likeness (QED) is 0.791. The second-order valence-corrected chi connectivity index (χ2v) is 5.72. The third-order valence-electron chi connectivity index (χ3n) is 2.86. The lowest BCUT2D eigenvalue weighted by Crippen LogP contribution is -2.25. The van der Waals surface area contributed by atoms with E-state index in [0.717, 1.165) is 12.0 Å². The Balaban J connectivity index is 2.47. The van der Waals surface area contributed by atoms with Gasteiger partial charge in [-0.3, -0.25) is 4.79 Å². The van der Waals surface area contributed by atoms with Crippen LogP contribution in [0.1, 0.15) is 35.7 Å². The average Bonchev–Trinajstić information content (AvgIpc) is 2.48. The number of carbonyl (C=O) groups excluding carboxylic acids is 1. The Morgan fingerprint density at radius 3 is 2.70 bits per heavy atom. The molecule has 20 heavy (non-hydrogen) atoms. The highest BCUT2D eigenvalue weighted by Gasteiger charge is 2.05. The van der Waals surface area contributed by atoms with E-state index >= 15 is 0 Å². The highest BCUT2D eigenvalue weighted by molar-refractivity contribution is 7.99. The number of benzene rings is 1. The molecule has 1 aromatic rings. The Morgan fingerprint density at radius 1 is 1.40 bits per heavy atom. The summed E-state index contributed by atoms with van der Waals surface area (Å²) in [7, 11) is 0. The third kappa shape index (κ3) is 6.14. The van der Waals surface area contributed by atoms with Crippen LogP contribution in [0, 0.1) is 11.8 Å². The fourth-order valence-electron chi connectivity index (χ4n) is 1.53. The van der Waals surface area contributed by atoms with Gasteiger partial charge in [-0.1, -0.05) is 18.8 Å². The standard InChI is InChI=1S/C16H21NO2S/c1-13(20-2)10-11-17-16(19)15-8-6-14(7-9-15)5-3-4-12-18/h6-9,13,18H,4,10-12H2,1-2H3,(H,17,19). The Morgan fingerprint density at radius 2 is 2.10 bits per heavy atom. The number of hydrogen-bond donors (Lipinski definition) is 2. The molecule has 0 aliphatic heterocycles. The monoisotopic (exact) mass is 291 g/mol. The summed E-state index contributed by atoms with van der Waals surface area (Å²) in [6, 6.07) is 7.19. The van der Waals surface area contributed by atoms with Crippen LogP contribution in [-0.4, -0.2) is 35.7 Å². The van der Waals surface area contributed by atoms with Gasteiger partial charge < -0.3 is 10.4 Å². The van der Waals surface area contributed by atoms with Gasteiger partial charge in [0.15, 0.2) is 0 Å². The van der Waals surface area contributed by atoms with Crippen LogP contribution in [0.2, 0.25) is 0 Å². The first-order chi connectivity index (χ1) is 9.67. The van der Waals surface area contributed by atoms with Gasteiger partial charge in [0.1, 0.15) is 0 Å². The molecule has 1 rings (SSSR count). The minimum absolute atomic E-state index is 0.0480. The van der Waals surface area contributed by atoms with Gasteiger partial charge in [0, 0.05) is 29.3 Å². The van der Waals surface area contributed by atoms with Crippen molar-refractivity contribution in [2.24, 2.45) is 0 Å². The maximum absolute atomic E-state index is 11.9. The first-order valence-electron chi connectivity index (χ1n) is 6.68. The van der Waals surface area contributed by atoms with Crippen molar-refractivity contribution in [2.75, 3.05) is 19.4 Å². The zero-order valence-corrected chi connectivity index (χ0v) is 12.8. The molecule has 2 N–H and O–H groups in total. The molecule has 1 atom stereocenters. The zero-order valence-electron chi connectivity index (χ0n) is 12.0. The Hall–Kier alpha value is -1.44. The number of carbonyl (C=O) groups is 1. The lowest BCUT2D eigenvalue weighted by molar-refractivity contribution is 0.0953. The second kappa shape index (κ2) is 9.46. The minimum Gasteiger partial charge on any atom is -0.395 e. The van der Waals surface area contributed by atoms with Gasteiger partial charge in [0.2, 0.25) is 0 Å². The molecule has 1 unspecified atom stereocenters. The molecule has 0 heterocycles. The zero-order chi connectivity index (χ0) is 14.8. The molecule has 1 aromatic carbocycles. The van der Waals surface area contributed by atoms with E-state index in [9.17, 15) is 4.79 Å². The maximum Gasteiger partial charge on any atom is 0.251 e. The third-order valence-corrected chi connectivity index (χ3v) is 3.90. The summed E-state index contributed by atoms with van der Waals surface area (Å²) in [5.41, 5.74) is 1.50. The normalized spacial score (nSPS) is 11.3. The van der Waals surface area contributed by atoms with E-state index in [4.69, 9.17) is 5.11 Å². The maximum atomic E-state index is 11.9. The summed E-state index contributed by atoms with van der Waals surface area (Å²) >= 11 is 1.80. The topological polar surface area (TPSA) is 49.3 Å². The van der Waals surface area contributed by atoms with Crippen molar-refractivity contribution in [2.45, 2.75) is 25.0 Å². The molecule has 1 amide bonds. The van der Waals surface area contributed by atoms with Crippen LogP contribution in [0.4, 0.5) is 0 Å². The number of thioether (sulfide) groups is 1. The van der Waals surface area contributed by atoms with Gasteiger partial charge >= 0.3 is 0 Å². The van der Waals surface area contributed by atoms with Crippen molar-refractivity contribution in [1.29, 1.82) is 0 Å². The summed E-state index contributed by atoms with van der Waals surface area (Å²) in [5.74, 6) is 5.74. The van der Waals surface area contributed by atoms with Crippen molar-refractivity contribution in [3.05, 3.63) is 35.4 Å². The van der Waals surface area contributed by atoms with Gasteiger partial charge in [-0.15, -0.1) is 0 Å². The Bertz CT molecular complexity index is 473. The highest BCUT2D eigenvalue weighted by atomic mass is 32.2. The number of aliphatic hydroxyl groups is 1. The number of rotatable bonds is 6. The summed E-state index contributed by atoms with van der Waals surface area (Å²) in [6.45, 7) is 2.91. The molecular weight excluding hydrogens is 270 g/mol. The molecule has 0 saturated heterocycles. The predicted octanol–water partition coefficient (Wildman–Crippen LogP) is 2.29. The SMILES string of the molecule is CSC(C)CCNC(=O)c1ccc(C#CCCO)cc1. The van der Waals surface area contributed by atoms with E-state index < -0.39 is 0 Å². The van der Waals surface area contributed by atoms with Crippen LogP contribution in [-0.2, 0) is 0 Å². The smallest absolute Gasteiger partial charge is 0.251 e. The highest BCUT2D eigenvalue weighted by Crippen LogP contribution is 2.08. The van der Waals surface area contributed by atoms with Crippen molar-refractivity contribution in [3.63, 3.8) is 0 Å². The van der Waals surface area contributed by atoms with Crippen LogP contribution in [0.5, 0.6) is 0 Å². The fourth-order valence-corrected chi connectivity index (χ4v) is 1.89.